The van der Waals surface area contributed by atoms with Crippen LogP contribution in [0.2, 0.25) is 0 Å². The summed E-state index contributed by atoms with van der Waals surface area (Å²) in [4.78, 5) is 22.2. The Kier molecular flexibility index (Phi) is 4.21. The highest BCUT2D eigenvalue weighted by atomic mass is 16.5. The first kappa shape index (κ1) is 18.2. The standard InChI is InChI=1S/C20H23N4O4/c1-20(6-7-20)19(25)24-11-23(2)17-18(24)22-13(10-21-17)12-8-14(26-3)16(28-5)15(9-12)27-4/h8-11H,6-7H2,1-5H3/q+1. The molecule has 8 nitrogen and oxygen atoms in total. The molecule has 0 N–H and O–H groups in total. The van der Waals surface area contributed by atoms with Gasteiger partial charge in [0.2, 0.25) is 5.75 Å². The lowest BCUT2D eigenvalue weighted by Gasteiger charge is -2.13. The van der Waals surface area contributed by atoms with E-state index in [9.17, 15) is 4.79 Å². The fourth-order valence-electron chi connectivity index (χ4n) is 3.27. The van der Waals surface area contributed by atoms with Crippen LogP contribution in [0.1, 0.15) is 24.6 Å². The third-order valence-electron chi connectivity index (χ3n) is 5.28. The number of carbonyl (C=O) groups is 1. The lowest BCUT2D eigenvalue weighted by Crippen LogP contribution is -2.28. The summed E-state index contributed by atoms with van der Waals surface area (Å²) in [5.74, 6) is 1.62. The molecule has 2 aromatic heterocycles. The first-order chi connectivity index (χ1) is 13.4. The van der Waals surface area contributed by atoms with Crippen molar-refractivity contribution in [3.05, 3.63) is 24.7 Å². The minimum atomic E-state index is -0.302. The van der Waals surface area contributed by atoms with Crippen LogP contribution in [-0.4, -0.2) is 41.8 Å². The summed E-state index contributed by atoms with van der Waals surface area (Å²) in [6, 6.07) is 3.63. The van der Waals surface area contributed by atoms with Crippen molar-refractivity contribution >= 4 is 17.2 Å². The molecule has 0 radical (unpaired) electrons. The molecule has 1 fully saturated rings. The summed E-state index contributed by atoms with van der Waals surface area (Å²) in [6.07, 6.45) is 5.22. The summed E-state index contributed by atoms with van der Waals surface area (Å²) in [6.45, 7) is 1.98. The third-order valence-corrected chi connectivity index (χ3v) is 5.28. The maximum atomic E-state index is 12.9. The van der Waals surface area contributed by atoms with Gasteiger partial charge in [-0.05, 0) is 31.9 Å². The molecule has 0 spiro atoms. The number of imidazole rings is 1. The predicted octanol–water partition coefficient (Wildman–Crippen LogP) is 2.39. The zero-order valence-corrected chi connectivity index (χ0v) is 16.6. The predicted molar refractivity (Wildman–Crippen MR) is 102 cm³/mol. The number of hydrogen-bond donors (Lipinski definition) is 0. The van der Waals surface area contributed by atoms with Crippen molar-refractivity contribution in [2.75, 3.05) is 21.3 Å². The maximum absolute atomic E-state index is 12.9. The Balaban J connectivity index is 1.87. The second kappa shape index (κ2) is 6.47. The van der Waals surface area contributed by atoms with Crippen LogP contribution in [0.25, 0.3) is 22.6 Å². The molecule has 8 heteroatoms. The Morgan fingerprint density at radius 2 is 1.79 bits per heavy atom. The van der Waals surface area contributed by atoms with E-state index < -0.39 is 0 Å². The van der Waals surface area contributed by atoms with Gasteiger partial charge in [-0.15, -0.1) is 4.98 Å². The van der Waals surface area contributed by atoms with E-state index in [0.29, 0.717) is 34.2 Å². The van der Waals surface area contributed by atoms with E-state index in [1.54, 1.807) is 38.4 Å². The smallest absolute Gasteiger partial charge is 0.322 e. The molecular formula is C20H23N4O4+. The second-order valence-corrected chi connectivity index (χ2v) is 7.28. The highest BCUT2D eigenvalue weighted by molar-refractivity contribution is 5.92. The first-order valence-corrected chi connectivity index (χ1v) is 9.01. The van der Waals surface area contributed by atoms with E-state index in [1.807, 2.05) is 30.7 Å². The number of aromatic nitrogens is 4. The van der Waals surface area contributed by atoms with Gasteiger partial charge in [-0.2, -0.15) is 4.57 Å². The van der Waals surface area contributed by atoms with E-state index in [4.69, 9.17) is 19.2 Å². The number of carbonyl (C=O) groups excluding carboxylic acids is 1. The average Bonchev–Trinajstić information content (AvgIpc) is 3.39. The van der Waals surface area contributed by atoms with Gasteiger partial charge in [-0.3, -0.25) is 4.79 Å². The highest BCUT2D eigenvalue weighted by Gasteiger charge is 2.48. The van der Waals surface area contributed by atoms with Gasteiger partial charge < -0.3 is 14.2 Å². The molecule has 1 aliphatic rings. The number of methoxy groups -OCH3 is 3. The van der Waals surface area contributed by atoms with Crippen LogP contribution in [0.5, 0.6) is 17.2 Å². The van der Waals surface area contributed by atoms with Crippen LogP contribution in [0.4, 0.5) is 0 Å². The molecule has 1 aromatic carbocycles. The zero-order chi connectivity index (χ0) is 20.1. The Morgan fingerprint density at radius 3 is 2.32 bits per heavy atom. The van der Waals surface area contributed by atoms with Gasteiger partial charge in [-0.1, -0.05) is 0 Å². The van der Waals surface area contributed by atoms with Gasteiger partial charge in [0.25, 0.3) is 11.6 Å². The lowest BCUT2D eigenvalue weighted by atomic mass is 10.1. The van der Waals surface area contributed by atoms with Gasteiger partial charge in [0.05, 0.1) is 33.8 Å². The Hall–Kier alpha value is -3.16. The van der Waals surface area contributed by atoms with Crippen molar-refractivity contribution in [2.45, 2.75) is 19.8 Å². The van der Waals surface area contributed by atoms with E-state index in [-0.39, 0.29) is 11.3 Å². The molecule has 0 aliphatic heterocycles. The largest absolute Gasteiger partial charge is 0.493 e. The molecule has 4 rings (SSSR count). The molecule has 146 valence electrons. The number of ether oxygens (including phenoxy) is 3. The van der Waals surface area contributed by atoms with Gasteiger partial charge in [0.1, 0.15) is 11.9 Å². The van der Waals surface area contributed by atoms with Crippen LogP contribution in [0.3, 0.4) is 0 Å². The Morgan fingerprint density at radius 1 is 1.14 bits per heavy atom. The molecule has 1 saturated carbocycles. The summed E-state index contributed by atoms with van der Waals surface area (Å²) in [7, 11) is 6.55. The first-order valence-electron chi connectivity index (χ1n) is 9.01. The van der Waals surface area contributed by atoms with Crippen molar-refractivity contribution in [1.82, 2.24) is 14.5 Å². The summed E-state index contributed by atoms with van der Waals surface area (Å²) >= 11 is 0. The van der Waals surface area contributed by atoms with Crippen LogP contribution in [-0.2, 0) is 7.05 Å². The topological polar surface area (TPSA) is 79.4 Å². The summed E-state index contributed by atoms with van der Waals surface area (Å²) in [5.41, 5.74) is 2.24. The molecule has 2 heterocycles. The molecule has 0 saturated heterocycles. The minimum Gasteiger partial charge on any atom is -0.493 e. The van der Waals surface area contributed by atoms with E-state index in [1.165, 1.54) is 0 Å². The summed E-state index contributed by atoms with van der Waals surface area (Å²) in [5, 5.41) is 0. The second-order valence-electron chi connectivity index (χ2n) is 7.28. The van der Waals surface area contributed by atoms with Crippen LogP contribution < -0.4 is 18.8 Å². The number of rotatable bonds is 5. The van der Waals surface area contributed by atoms with Crippen molar-refractivity contribution in [3.8, 4) is 28.5 Å². The number of nitrogens with zero attached hydrogens (tertiary/aromatic N) is 4. The SMILES string of the molecule is COc1cc(-c2cnc3c(n2)n(C(=O)C2(C)CC2)c[n+]3C)cc(OC)c1OC. The minimum absolute atomic E-state index is 0.0504. The maximum Gasteiger partial charge on any atom is 0.322 e. The van der Waals surface area contributed by atoms with Gasteiger partial charge in [-0.25, -0.2) is 9.55 Å². The molecule has 0 unspecified atom stereocenters. The van der Waals surface area contributed by atoms with E-state index in [0.717, 1.165) is 18.4 Å². The molecule has 3 aromatic rings. The number of aryl methyl sites for hydroxylation is 1. The van der Waals surface area contributed by atoms with Crippen molar-refractivity contribution in [3.63, 3.8) is 0 Å². The van der Waals surface area contributed by atoms with Crippen LogP contribution >= 0.6 is 0 Å². The Bertz CT molecular complexity index is 1060. The molecule has 0 atom stereocenters. The van der Waals surface area contributed by atoms with Gasteiger partial charge in [0, 0.05) is 5.56 Å². The molecule has 0 bridgehead atoms. The molecule has 28 heavy (non-hydrogen) atoms. The normalized spacial score (nSPS) is 14.8. The van der Waals surface area contributed by atoms with Gasteiger partial charge >= 0.3 is 5.65 Å². The van der Waals surface area contributed by atoms with Crippen molar-refractivity contribution < 1.29 is 23.6 Å². The van der Waals surface area contributed by atoms with Crippen molar-refractivity contribution in [2.24, 2.45) is 12.5 Å². The quantitative estimate of drug-likeness (QED) is 0.630. The summed E-state index contributed by atoms with van der Waals surface area (Å²) < 4.78 is 19.7. The highest BCUT2D eigenvalue weighted by Crippen LogP contribution is 2.46. The van der Waals surface area contributed by atoms with E-state index >= 15 is 0 Å². The van der Waals surface area contributed by atoms with Crippen LogP contribution in [0, 0.1) is 5.41 Å². The fourth-order valence-corrected chi connectivity index (χ4v) is 3.27. The molecular weight excluding hydrogens is 360 g/mol. The monoisotopic (exact) mass is 383 g/mol. The number of hydrogen-bond acceptors (Lipinski definition) is 6. The molecule has 0 amide bonds. The number of benzene rings is 1. The average molecular weight is 383 g/mol. The number of fused-ring (bicyclic) bond motifs is 1. The van der Waals surface area contributed by atoms with E-state index in [2.05, 4.69) is 4.98 Å². The van der Waals surface area contributed by atoms with Crippen LogP contribution in [0.15, 0.2) is 24.7 Å². The fraction of sp³-hybridized carbons (Fsp3) is 0.400. The third kappa shape index (κ3) is 2.76. The zero-order valence-electron chi connectivity index (χ0n) is 16.6. The van der Waals surface area contributed by atoms with Crippen molar-refractivity contribution in [1.29, 1.82) is 0 Å². The van der Waals surface area contributed by atoms with Gasteiger partial charge in [0.15, 0.2) is 17.8 Å². The molecule has 1 aliphatic carbocycles. The lowest BCUT2D eigenvalue weighted by molar-refractivity contribution is -0.647. The Labute approximate surface area is 162 Å².